The molecule has 0 aromatic heterocycles. The average Bonchev–Trinajstić information content (AvgIpc) is 2.53. The summed E-state index contributed by atoms with van der Waals surface area (Å²) in [6, 6.07) is 7.98. The molecular formula is C17H26ClN2O2+. The van der Waals surface area contributed by atoms with E-state index in [1.165, 1.54) is 0 Å². The third-order valence-corrected chi connectivity index (χ3v) is 4.68. The van der Waals surface area contributed by atoms with Crippen LogP contribution in [0.2, 0.25) is 0 Å². The molecule has 1 unspecified atom stereocenters. The van der Waals surface area contributed by atoms with Gasteiger partial charge in [-0.3, -0.25) is 0 Å². The highest BCUT2D eigenvalue weighted by atomic mass is 35.5. The number of nitrogens with zero attached hydrogens (tertiary/aromatic N) is 1. The Kier molecular flexibility index (Phi) is 5.87. The van der Waals surface area contributed by atoms with Gasteiger partial charge in [0.05, 0.1) is 32.8 Å². The van der Waals surface area contributed by atoms with Gasteiger partial charge in [0.2, 0.25) is 0 Å². The van der Waals surface area contributed by atoms with Gasteiger partial charge in [0, 0.05) is 25.1 Å². The van der Waals surface area contributed by atoms with Crippen LogP contribution in [0.3, 0.4) is 0 Å². The van der Waals surface area contributed by atoms with Crippen molar-refractivity contribution in [3.8, 4) is 5.75 Å². The average molecular weight is 326 g/mol. The SMILES string of the molecule is C[N+]1(CCC(O)C2=Cc3ccccc3OC2)CCNCC1.Cl. The zero-order chi connectivity index (χ0) is 14.7. The number of halogens is 1. The molecule has 4 nitrogen and oxygen atoms in total. The summed E-state index contributed by atoms with van der Waals surface area (Å²) in [7, 11) is 2.29. The van der Waals surface area contributed by atoms with Crippen molar-refractivity contribution < 1.29 is 14.3 Å². The summed E-state index contributed by atoms with van der Waals surface area (Å²) in [5.41, 5.74) is 2.07. The summed E-state index contributed by atoms with van der Waals surface area (Å²) in [5, 5.41) is 13.9. The largest absolute Gasteiger partial charge is 0.489 e. The predicted octanol–water partition coefficient (Wildman–Crippen LogP) is 1.68. The summed E-state index contributed by atoms with van der Waals surface area (Å²) < 4.78 is 6.78. The van der Waals surface area contributed by atoms with Gasteiger partial charge in [-0.15, -0.1) is 12.4 Å². The number of quaternary nitrogens is 1. The maximum absolute atomic E-state index is 10.5. The van der Waals surface area contributed by atoms with Gasteiger partial charge in [-0.05, 0) is 17.7 Å². The van der Waals surface area contributed by atoms with E-state index in [0.29, 0.717) is 6.61 Å². The highest BCUT2D eigenvalue weighted by molar-refractivity contribution is 5.85. The van der Waals surface area contributed by atoms with Crippen LogP contribution in [0.5, 0.6) is 5.75 Å². The van der Waals surface area contributed by atoms with E-state index in [1.807, 2.05) is 24.3 Å². The number of para-hydroxylation sites is 1. The number of hydrogen-bond acceptors (Lipinski definition) is 3. The molecule has 1 aromatic carbocycles. The topological polar surface area (TPSA) is 41.5 Å². The molecule has 22 heavy (non-hydrogen) atoms. The minimum Gasteiger partial charge on any atom is -0.489 e. The van der Waals surface area contributed by atoms with E-state index in [4.69, 9.17) is 4.74 Å². The molecule has 2 aliphatic rings. The van der Waals surface area contributed by atoms with Crippen molar-refractivity contribution >= 4 is 18.5 Å². The third kappa shape index (κ3) is 4.02. The number of aliphatic hydroxyl groups is 1. The van der Waals surface area contributed by atoms with Crippen LogP contribution >= 0.6 is 12.4 Å². The van der Waals surface area contributed by atoms with Crippen molar-refractivity contribution in [1.29, 1.82) is 0 Å². The van der Waals surface area contributed by atoms with E-state index in [-0.39, 0.29) is 12.4 Å². The lowest BCUT2D eigenvalue weighted by Crippen LogP contribution is -2.56. The standard InChI is InChI=1S/C17H25N2O2.ClH/c1-19(10-7-18-8-11-19)9-6-16(20)15-12-14-4-2-3-5-17(14)21-13-15;/h2-5,12,16,18,20H,6-11,13H2,1H3;1H/q+1;. The van der Waals surface area contributed by atoms with E-state index in [2.05, 4.69) is 18.4 Å². The summed E-state index contributed by atoms with van der Waals surface area (Å²) in [6.07, 6.45) is 2.48. The Morgan fingerprint density at radius 2 is 2.00 bits per heavy atom. The Morgan fingerprint density at radius 1 is 1.27 bits per heavy atom. The molecule has 1 aromatic rings. The van der Waals surface area contributed by atoms with E-state index in [1.54, 1.807) is 0 Å². The molecule has 1 atom stereocenters. The smallest absolute Gasteiger partial charge is 0.127 e. The number of likely N-dealkylation sites (N-methyl/N-ethyl adjacent to an activating group) is 1. The van der Waals surface area contributed by atoms with Crippen molar-refractivity contribution in [3.63, 3.8) is 0 Å². The Bertz CT molecular complexity index is 527. The summed E-state index contributed by atoms with van der Waals surface area (Å²) >= 11 is 0. The first-order chi connectivity index (χ1) is 10.2. The van der Waals surface area contributed by atoms with Crippen molar-refractivity contribution in [2.45, 2.75) is 12.5 Å². The molecule has 0 spiro atoms. The van der Waals surface area contributed by atoms with Crippen LogP contribution < -0.4 is 10.1 Å². The number of nitrogens with one attached hydrogen (secondary N) is 1. The van der Waals surface area contributed by atoms with Crippen molar-refractivity contribution in [3.05, 3.63) is 35.4 Å². The number of ether oxygens (including phenoxy) is 1. The molecule has 0 saturated carbocycles. The maximum Gasteiger partial charge on any atom is 0.127 e. The third-order valence-electron chi connectivity index (χ3n) is 4.68. The second kappa shape index (κ2) is 7.47. The molecule has 0 aliphatic carbocycles. The van der Waals surface area contributed by atoms with Crippen molar-refractivity contribution in [2.24, 2.45) is 0 Å². The van der Waals surface area contributed by atoms with Gasteiger partial charge in [-0.2, -0.15) is 0 Å². The highest BCUT2D eigenvalue weighted by Gasteiger charge is 2.26. The molecular weight excluding hydrogens is 300 g/mol. The first kappa shape index (κ1) is 17.3. The number of rotatable bonds is 4. The van der Waals surface area contributed by atoms with Gasteiger partial charge in [-0.25, -0.2) is 0 Å². The Balaban J connectivity index is 0.00000176. The molecule has 3 rings (SSSR count). The van der Waals surface area contributed by atoms with Gasteiger partial charge in [0.15, 0.2) is 0 Å². The van der Waals surface area contributed by atoms with Gasteiger partial charge in [0.25, 0.3) is 0 Å². The molecule has 0 bridgehead atoms. The van der Waals surface area contributed by atoms with Crippen molar-refractivity contribution in [1.82, 2.24) is 5.32 Å². The lowest BCUT2D eigenvalue weighted by atomic mass is 10.0. The van der Waals surface area contributed by atoms with Crippen LogP contribution in [0.4, 0.5) is 0 Å². The zero-order valence-corrected chi connectivity index (χ0v) is 13.9. The normalized spacial score (nSPS) is 20.9. The molecule has 0 radical (unpaired) electrons. The minimum atomic E-state index is -0.400. The first-order valence-electron chi connectivity index (χ1n) is 7.81. The second-order valence-electron chi connectivity index (χ2n) is 6.39. The number of piperazine rings is 1. The molecule has 2 heterocycles. The quantitative estimate of drug-likeness (QED) is 0.828. The van der Waals surface area contributed by atoms with Crippen molar-refractivity contribution in [2.75, 3.05) is 46.4 Å². The summed E-state index contributed by atoms with van der Waals surface area (Å²) in [5.74, 6) is 0.912. The molecule has 2 aliphatic heterocycles. The van der Waals surface area contributed by atoms with Gasteiger partial charge in [0.1, 0.15) is 12.4 Å². The van der Waals surface area contributed by atoms with E-state index in [9.17, 15) is 5.11 Å². The van der Waals surface area contributed by atoms with E-state index in [0.717, 1.165) is 60.5 Å². The maximum atomic E-state index is 10.5. The monoisotopic (exact) mass is 325 g/mol. The molecule has 0 amide bonds. The second-order valence-corrected chi connectivity index (χ2v) is 6.39. The Labute approximate surface area is 138 Å². The van der Waals surface area contributed by atoms with Crippen LogP contribution in [-0.2, 0) is 0 Å². The van der Waals surface area contributed by atoms with Crippen LogP contribution in [0.15, 0.2) is 29.8 Å². The fourth-order valence-corrected chi connectivity index (χ4v) is 3.10. The predicted molar refractivity (Wildman–Crippen MR) is 91.4 cm³/mol. The number of benzene rings is 1. The summed E-state index contributed by atoms with van der Waals surface area (Å²) in [4.78, 5) is 0. The van der Waals surface area contributed by atoms with Gasteiger partial charge >= 0.3 is 0 Å². The van der Waals surface area contributed by atoms with E-state index < -0.39 is 6.10 Å². The minimum absolute atomic E-state index is 0. The number of aliphatic hydroxyl groups excluding tert-OH is 1. The molecule has 2 N–H and O–H groups in total. The van der Waals surface area contributed by atoms with Gasteiger partial charge in [-0.1, -0.05) is 18.2 Å². The molecule has 122 valence electrons. The molecule has 1 saturated heterocycles. The lowest BCUT2D eigenvalue weighted by molar-refractivity contribution is -0.911. The van der Waals surface area contributed by atoms with Gasteiger partial charge < -0.3 is 19.6 Å². The fourth-order valence-electron chi connectivity index (χ4n) is 3.10. The highest BCUT2D eigenvalue weighted by Crippen LogP contribution is 2.27. The van der Waals surface area contributed by atoms with E-state index >= 15 is 0 Å². The number of hydrogen-bond donors (Lipinski definition) is 2. The zero-order valence-electron chi connectivity index (χ0n) is 13.1. The Morgan fingerprint density at radius 3 is 2.77 bits per heavy atom. The Hall–Kier alpha value is -1.07. The van der Waals surface area contributed by atoms with Crippen LogP contribution in [0, 0.1) is 0 Å². The van der Waals surface area contributed by atoms with Crippen LogP contribution in [0.25, 0.3) is 6.08 Å². The molecule has 5 heteroatoms. The fraction of sp³-hybridized carbons (Fsp3) is 0.529. The summed E-state index contributed by atoms with van der Waals surface area (Å²) in [6.45, 7) is 5.96. The number of fused-ring (bicyclic) bond motifs is 1. The van der Waals surface area contributed by atoms with Crippen LogP contribution in [0.1, 0.15) is 12.0 Å². The van der Waals surface area contributed by atoms with Crippen LogP contribution in [-0.4, -0.2) is 62.1 Å². The molecule has 1 fully saturated rings. The first-order valence-corrected chi connectivity index (χ1v) is 7.81. The lowest BCUT2D eigenvalue weighted by Gasteiger charge is -2.38.